The monoisotopic (exact) mass is 1830 g/mol. The molecule has 0 aliphatic heterocycles. The van der Waals surface area contributed by atoms with Crippen molar-refractivity contribution in [1.82, 2.24) is 0 Å². The van der Waals surface area contributed by atoms with Crippen molar-refractivity contribution in [3.63, 3.8) is 0 Å². The van der Waals surface area contributed by atoms with Crippen molar-refractivity contribution in [2.24, 2.45) is 266 Å². The molecular formula is C135H206. The predicted octanol–water partition coefficient (Wildman–Crippen LogP) is 37.6. The summed E-state index contributed by atoms with van der Waals surface area (Å²) in [5, 5.41) is 3.21. The molecule has 26 aliphatic rings. The standard InChI is InChI=1S/C29H38.C28H46.C27H44.C26H42.C25H36/c1-17-25-10-6-5-9-21(25)15-24-16-23-13-12-22-14-20-8-4-7-11-26(20)18(2)28(22)29(23)19(3)27(17)24;1-16-24-10-6-4-8-19(24)12-21-14-23-15-22-13-20-9-5-7-11-25(20)17(2)27(22)28(23)18(3)26(16)21;1-16-21-9-5-4-8-19(21)14-25-23-12-11-20-13-18-7-3-6-10-22(18)17(2)27(20)26(23)15-24(16)25;1-15-20-9-5-4-8-18(20)12-23-22(15)14-25-24(23)13-19-11-17-7-3-6-10-21(17)16(2)26(19)25;1-15-22-10-6-4-8-18(22)12-20-14-21-13-19-9-5-7-11-23(19)16(2)25(21)17(3)24(15)20/h12-13,16-18,20-21,25-26H,4-11,14-15H2,1-3H3;16-28H,4-15H2,1-3H3;16-27H,3-15H2,1-2H3;15-26H,3-14H2,1-2H3;14-16,18-19,22-23H,4-13H2,1-3H3/t17-,18?,20+,21-,25+,26-;16-,17?,18?,19-,20+,21?,22?,23?,24+,25-,26?,27?,28?;16-,17?,18+,19-,20?,21+,22-,23?,24?,25?,26?,27?;15-,16?,17+,18-,19?,20+,21-,22?,23?,24?,25?,26?;15-,16?,18-,19+,22+,23-/m00000/s1. The molecule has 0 saturated heterocycles. The second-order valence-electron chi connectivity index (χ2n) is 58.7. The van der Waals surface area contributed by atoms with Crippen LogP contribution in [0.15, 0.2) is 24.3 Å². The Balaban J connectivity index is 0.0000000901. The largest absolute Gasteiger partial charge is 0.0620 e. The summed E-state index contributed by atoms with van der Waals surface area (Å²) >= 11 is 0. The maximum Gasteiger partial charge on any atom is -0.0114 e. The van der Waals surface area contributed by atoms with Gasteiger partial charge in [-0.25, -0.2) is 0 Å². The molecule has 0 nitrogen and oxygen atoms in total. The molecule has 0 spiro atoms. The van der Waals surface area contributed by atoms with E-state index in [-0.39, 0.29) is 0 Å². The number of benzene rings is 3. The van der Waals surface area contributed by atoms with Gasteiger partial charge in [-0.05, 0) is 569 Å². The Morgan fingerprint density at radius 1 is 0.170 bits per heavy atom. The molecule has 0 amide bonds. The van der Waals surface area contributed by atoms with Crippen LogP contribution in [0.2, 0.25) is 0 Å². The van der Waals surface area contributed by atoms with Crippen LogP contribution in [-0.4, -0.2) is 0 Å². The first-order valence-corrected chi connectivity index (χ1v) is 63.6. The van der Waals surface area contributed by atoms with Crippen LogP contribution in [0.25, 0.3) is 10.8 Å². The molecule has 3 aromatic rings. The number of fused-ring (bicyclic) bond motifs is 30. The maximum absolute atomic E-state index is 2.76. The van der Waals surface area contributed by atoms with Gasteiger partial charge in [0.25, 0.3) is 0 Å². The third kappa shape index (κ3) is 16.3. The van der Waals surface area contributed by atoms with E-state index >= 15 is 0 Å². The number of hydrogen-bond donors (Lipinski definition) is 0. The second kappa shape index (κ2) is 38.6. The Morgan fingerprint density at radius 3 is 0.889 bits per heavy atom. The molecule has 0 bridgehead atoms. The first-order valence-electron chi connectivity index (χ1n) is 63.6. The van der Waals surface area contributed by atoms with Gasteiger partial charge in [0.05, 0.1) is 0 Å². The third-order valence-corrected chi connectivity index (χ3v) is 54.5. The Labute approximate surface area is 830 Å². The van der Waals surface area contributed by atoms with Crippen LogP contribution >= 0.6 is 0 Å². The molecule has 0 radical (unpaired) electrons. The summed E-state index contributed by atoms with van der Waals surface area (Å²) in [5.74, 6) is 51.7. The van der Waals surface area contributed by atoms with Crippen molar-refractivity contribution < 1.29 is 0 Å². The van der Waals surface area contributed by atoms with E-state index in [1.807, 2.05) is 0 Å². The molecule has 0 heterocycles. The number of hydrogen-bond acceptors (Lipinski definition) is 0. The van der Waals surface area contributed by atoms with Crippen LogP contribution < -0.4 is 0 Å². The van der Waals surface area contributed by atoms with Gasteiger partial charge < -0.3 is 0 Å². The molecule has 0 aromatic heterocycles. The normalized spacial score (nSPS) is 51.5. The SMILES string of the molecule is CC1C2C(CC3C2CC2C3C[C@@H]3CCCC[C@@H]3[C@@H]2C)C[C@H]2CCCC[C@@H]12.CC1C2C(CC3C[C@H]4CCCC[C@H]4C(C)C32)CC2C[C@@H]3CCCC[C@@H]3[C@H](C)C21.CC1C2C(CCC3C2CC2C3C[C@@H]3CCCC[C@@H]3[C@@H]2C)C[C@H]2CCCC[C@@H]12.Cc1c2c(cc3c1[C@@H](C)[C@H]1CCCC[C@H]1C3)C[C@H]1CCCC[C@H]1C2C.Cc1c2c(cc3ccc4c(c13)C(C)[C@@H]1CCCC[C@@H]1C4)C[C@@H]1CCCC[C@@H]1[C@@H]2C. The van der Waals surface area contributed by atoms with Crippen molar-refractivity contribution in [1.29, 1.82) is 0 Å². The van der Waals surface area contributed by atoms with Crippen LogP contribution in [0.3, 0.4) is 0 Å². The molecule has 29 rings (SSSR count). The highest BCUT2D eigenvalue weighted by Crippen LogP contribution is 2.73. The number of rotatable bonds is 0. The molecule has 49 atom stereocenters. The summed E-state index contributed by atoms with van der Waals surface area (Å²) in [6.45, 7) is 34.3. The van der Waals surface area contributed by atoms with E-state index in [9.17, 15) is 0 Å². The second-order valence-corrected chi connectivity index (χ2v) is 58.7. The summed E-state index contributed by atoms with van der Waals surface area (Å²) in [7, 11) is 0. The van der Waals surface area contributed by atoms with E-state index in [1.54, 1.807) is 285 Å². The quantitative estimate of drug-likeness (QED) is 0.210. The zero-order chi connectivity index (χ0) is 91.4. The minimum Gasteiger partial charge on any atom is -0.0620 e. The molecule has 0 heteroatoms. The highest BCUT2D eigenvalue weighted by atomic mass is 14.7. The van der Waals surface area contributed by atoms with Gasteiger partial charge in [-0.15, -0.1) is 0 Å². The van der Waals surface area contributed by atoms with Crippen molar-refractivity contribution in [2.45, 2.75) is 480 Å². The number of aryl methyl sites for hydroxylation is 1. The molecule has 24 unspecified atom stereocenters. The van der Waals surface area contributed by atoms with E-state index in [2.05, 4.69) is 114 Å². The van der Waals surface area contributed by atoms with Crippen LogP contribution in [0.4, 0.5) is 0 Å². The van der Waals surface area contributed by atoms with Crippen LogP contribution in [0.5, 0.6) is 0 Å². The lowest BCUT2D eigenvalue weighted by Crippen LogP contribution is -2.51. The van der Waals surface area contributed by atoms with E-state index in [0.717, 1.165) is 290 Å². The van der Waals surface area contributed by atoms with Crippen molar-refractivity contribution in [3.8, 4) is 0 Å². The summed E-state index contributed by atoms with van der Waals surface area (Å²) in [6, 6.07) is 10.3. The molecule has 3 aromatic carbocycles. The van der Waals surface area contributed by atoms with Crippen molar-refractivity contribution >= 4 is 10.8 Å². The first-order chi connectivity index (χ1) is 65.9. The minimum absolute atomic E-state index is 0.742. The fourth-order valence-corrected chi connectivity index (χ4v) is 49.8. The van der Waals surface area contributed by atoms with Gasteiger partial charge in [-0.1, -0.05) is 267 Å². The lowest BCUT2D eigenvalue weighted by Gasteiger charge is -2.57. The fraction of sp³-hybridized carbons (Fsp3) is 0.881. The minimum atomic E-state index is 0.742. The Morgan fingerprint density at radius 2 is 0.452 bits per heavy atom. The summed E-state index contributed by atoms with van der Waals surface area (Å²) in [5.41, 5.74) is 17.4. The lowest BCUT2D eigenvalue weighted by atomic mass is 9.48. The smallest absolute Gasteiger partial charge is 0.0114 e. The molecule has 22 fully saturated rings. The van der Waals surface area contributed by atoms with E-state index in [4.69, 9.17) is 0 Å². The predicted molar refractivity (Wildman–Crippen MR) is 570 cm³/mol. The summed E-state index contributed by atoms with van der Waals surface area (Å²) < 4.78 is 0. The van der Waals surface area contributed by atoms with Gasteiger partial charge in [0, 0.05) is 0 Å². The zero-order valence-corrected chi connectivity index (χ0v) is 89.9. The van der Waals surface area contributed by atoms with E-state index in [0.29, 0.717) is 0 Å². The van der Waals surface area contributed by atoms with Gasteiger partial charge in [0.1, 0.15) is 0 Å². The Kier molecular flexibility index (Phi) is 26.9. The highest BCUT2D eigenvalue weighted by Gasteiger charge is 2.65. The molecule has 26 aliphatic carbocycles. The van der Waals surface area contributed by atoms with Crippen molar-refractivity contribution in [2.75, 3.05) is 0 Å². The van der Waals surface area contributed by atoms with E-state index < -0.39 is 0 Å². The molecular weight excluding hydrogens is 1620 g/mol. The van der Waals surface area contributed by atoms with Gasteiger partial charge in [0.15, 0.2) is 0 Å². The Hall–Kier alpha value is -2.08. The highest BCUT2D eigenvalue weighted by molar-refractivity contribution is 5.92. The van der Waals surface area contributed by atoms with Gasteiger partial charge >= 0.3 is 0 Å². The molecule has 22 saturated carbocycles. The fourth-order valence-electron chi connectivity index (χ4n) is 49.8. The van der Waals surface area contributed by atoms with Crippen molar-refractivity contribution in [3.05, 3.63) is 79.9 Å². The van der Waals surface area contributed by atoms with E-state index in [1.165, 1.54) is 148 Å². The zero-order valence-electron chi connectivity index (χ0n) is 89.9. The van der Waals surface area contributed by atoms with Crippen LogP contribution in [0, 0.1) is 280 Å². The summed E-state index contributed by atoms with van der Waals surface area (Å²) in [6.07, 6.45) is 87.9. The van der Waals surface area contributed by atoms with Gasteiger partial charge in [-0.2, -0.15) is 0 Å². The van der Waals surface area contributed by atoms with Gasteiger partial charge in [-0.3, -0.25) is 0 Å². The molecule has 135 heavy (non-hydrogen) atoms. The van der Waals surface area contributed by atoms with Crippen LogP contribution in [0.1, 0.15) is 496 Å². The topological polar surface area (TPSA) is 0 Å². The molecule has 0 N–H and O–H groups in total. The lowest BCUT2D eigenvalue weighted by molar-refractivity contribution is -0.0853. The first kappa shape index (κ1) is 93.9. The summed E-state index contributed by atoms with van der Waals surface area (Å²) in [4.78, 5) is 0. The maximum atomic E-state index is 2.76. The van der Waals surface area contributed by atoms with Crippen LogP contribution in [-0.2, 0) is 25.7 Å². The molecule has 746 valence electrons. The Bertz CT molecular complexity index is 4540. The average Bonchev–Trinajstić information content (AvgIpc) is 1.18. The van der Waals surface area contributed by atoms with Gasteiger partial charge in [0.2, 0.25) is 0 Å². The third-order valence-electron chi connectivity index (χ3n) is 54.5. The average molecular weight is 1830 g/mol.